The lowest BCUT2D eigenvalue weighted by atomic mass is 9.76. The molecule has 2 rings (SSSR count). The van der Waals surface area contributed by atoms with Gasteiger partial charge in [0.25, 0.3) is 0 Å². The highest BCUT2D eigenvalue weighted by Gasteiger charge is 2.30. The number of nitrogens with zero attached hydrogens (tertiary/aromatic N) is 2. The molecule has 0 radical (unpaired) electrons. The van der Waals surface area contributed by atoms with E-state index in [1.54, 1.807) is 0 Å². The van der Waals surface area contributed by atoms with Crippen LogP contribution in [-0.4, -0.2) is 22.9 Å². The van der Waals surface area contributed by atoms with Crippen molar-refractivity contribution in [1.29, 1.82) is 0 Å². The fourth-order valence-electron chi connectivity index (χ4n) is 2.71. The van der Waals surface area contributed by atoms with Gasteiger partial charge in [-0.1, -0.05) is 44.2 Å². The second kappa shape index (κ2) is 6.23. The van der Waals surface area contributed by atoms with Crippen LogP contribution in [0.25, 0.3) is 0 Å². The van der Waals surface area contributed by atoms with Crippen LogP contribution in [0.5, 0.6) is 0 Å². The summed E-state index contributed by atoms with van der Waals surface area (Å²) in [6.07, 6.45) is 5.11. The van der Waals surface area contributed by atoms with Gasteiger partial charge in [0.2, 0.25) is 0 Å². The van der Waals surface area contributed by atoms with Crippen LogP contribution in [0.1, 0.15) is 31.9 Å². The van der Waals surface area contributed by atoms with Gasteiger partial charge in [0.1, 0.15) is 0 Å². The molecule has 0 saturated heterocycles. The summed E-state index contributed by atoms with van der Waals surface area (Å²) in [5.41, 5.74) is 2.72. The smallest absolute Gasteiger partial charge is 0.0522 e. The Morgan fingerprint density at radius 2 is 1.95 bits per heavy atom. The largest absolute Gasteiger partial charge is 0.316 e. The highest BCUT2D eigenvalue weighted by Crippen LogP contribution is 2.28. The third-order valence-electron chi connectivity index (χ3n) is 4.19. The maximum absolute atomic E-state index is 4.37. The van der Waals surface area contributed by atoms with Gasteiger partial charge in [-0.3, -0.25) is 4.68 Å². The number of aromatic nitrogens is 2. The molecule has 20 heavy (non-hydrogen) atoms. The average molecular weight is 271 g/mol. The molecule has 0 amide bonds. The predicted octanol–water partition coefficient (Wildman–Crippen LogP) is 3.01. The van der Waals surface area contributed by atoms with Crippen molar-refractivity contribution in [2.75, 3.05) is 7.05 Å². The molecular weight excluding hydrogens is 246 g/mol. The first-order valence-corrected chi connectivity index (χ1v) is 7.32. The molecule has 0 aliphatic heterocycles. The van der Waals surface area contributed by atoms with Crippen molar-refractivity contribution in [2.24, 2.45) is 0 Å². The zero-order chi connectivity index (χ0) is 14.6. The van der Waals surface area contributed by atoms with Gasteiger partial charge in [-0.25, -0.2) is 0 Å². The molecule has 0 aliphatic rings. The van der Waals surface area contributed by atoms with Gasteiger partial charge in [0, 0.05) is 24.2 Å². The number of likely N-dealkylation sites (N-methyl/N-ethyl adjacent to an activating group) is 1. The summed E-state index contributed by atoms with van der Waals surface area (Å²) in [5.74, 6) is 0. The predicted molar refractivity (Wildman–Crippen MR) is 83.9 cm³/mol. The monoisotopic (exact) mass is 271 g/mol. The second-order valence-corrected chi connectivity index (χ2v) is 5.84. The lowest BCUT2D eigenvalue weighted by Crippen LogP contribution is -2.44. The van der Waals surface area contributed by atoms with Crippen LogP contribution in [0, 0.1) is 0 Å². The first-order valence-electron chi connectivity index (χ1n) is 7.32. The van der Waals surface area contributed by atoms with Crippen molar-refractivity contribution in [3.05, 3.63) is 53.9 Å². The van der Waals surface area contributed by atoms with Crippen LogP contribution in [0.15, 0.2) is 42.7 Å². The minimum Gasteiger partial charge on any atom is -0.316 e. The fourth-order valence-corrected chi connectivity index (χ4v) is 2.71. The third kappa shape index (κ3) is 3.10. The van der Waals surface area contributed by atoms with E-state index in [1.165, 1.54) is 11.1 Å². The molecule has 1 heterocycles. The van der Waals surface area contributed by atoms with Gasteiger partial charge in [-0.2, -0.15) is 5.10 Å². The maximum Gasteiger partial charge on any atom is 0.0522 e. The maximum atomic E-state index is 4.37. The molecule has 0 spiro atoms. The number of benzene rings is 1. The molecule has 0 saturated carbocycles. The van der Waals surface area contributed by atoms with E-state index >= 15 is 0 Å². The molecule has 108 valence electrons. The van der Waals surface area contributed by atoms with Crippen molar-refractivity contribution in [3.8, 4) is 0 Å². The first kappa shape index (κ1) is 14.8. The van der Waals surface area contributed by atoms with Gasteiger partial charge < -0.3 is 5.32 Å². The van der Waals surface area contributed by atoms with E-state index in [4.69, 9.17) is 0 Å². The number of rotatable bonds is 6. The van der Waals surface area contributed by atoms with Gasteiger partial charge in [-0.05, 0) is 31.5 Å². The van der Waals surface area contributed by atoms with E-state index < -0.39 is 0 Å². The van der Waals surface area contributed by atoms with E-state index in [0.29, 0.717) is 6.04 Å². The quantitative estimate of drug-likeness (QED) is 0.875. The Morgan fingerprint density at radius 1 is 1.25 bits per heavy atom. The Balaban J connectivity index is 2.18. The van der Waals surface area contributed by atoms with E-state index in [9.17, 15) is 0 Å². The summed E-state index contributed by atoms with van der Waals surface area (Å²) >= 11 is 0. The van der Waals surface area contributed by atoms with E-state index in [-0.39, 0.29) is 5.41 Å². The summed E-state index contributed by atoms with van der Waals surface area (Å²) in [6, 6.07) is 11.1. The summed E-state index contributed by atoms with van der Waals surface area (Å²) in [6.45, 7) is 7.63. The molecule has 1 N–H and O–H groups in total. The molecular formula is C17H25N3. The first-order chi connectivity index (χ1) is 9.57. The SMILES string of the molecule is CCn1cc(CC(NC)C(C)(C)c2ccccc2)cn1. The van der Waals surface area contributed by atoms with Gasteiger partial charge >= 0.3 is 0 Å². The van der Waals surface area contributed by atoms with Crippen LogP contribution in [0.4, 0.5) is 0 Å². The Kier molecular flexibility index (Phi) is 4.61. The molecule has 0 fully saturated rings. The van der Waals surface area contributed by atoms with Crippen molar-refractivity contribution >= 4 is 0 Å². The minimum absolute atomic E-state index is 0.0737. The van der Waals surface area contributed by atoms with Crippen molar-refractivity contribution in [2.45, 2.75) is 45.2 Å². The summed E-state index contributed by atoms with van der Waals surface area (Å²) in [5, 5.41) is 7.85. The molecule has 0 aliphatic carbocycles. The molecule has 1 atom stereocenters. The summed E-state index contributed by atoms with van der Waals surface area (Å²) in [7, 11) is 2.04. The lowest BCUT2D eigenvalue weighted by molar-refractivity contribution is 0.356. The average Bonchev–Trinajstić information content (AvgIpc) is 2.93. The van der Waals surface area contributed by atoms with Crippen LogP contribution >= 0.6 is 0 Å². The van der Waals surface area contributed by atoms with Crippen LogP contribution in [-0.2, 0) is 18.4 Å². The lowest BCUT2D eigenvalue weighted by Gasteiger charge is -2.34. The van der Waals surface area contributed by atoms with Gasteiger partial charge in [0.15, 0.2) is 0 Å². The highest BCUT2D eigenvalue weighted by atomic mass is 15.3. The molecule has 0 bridgehead atoms. The number of aryl methyl sites for hydroxylation is 1. The normalized spacial score (nSPS) is 13.4. The van der Waals surface area contributed by atoms with E-state index in [2.05, 4.69) is 67.7 Å². The minimum atomic E-state index is 0.0737. The Morgan fingerprint density at radius 3 is 2.50 bits per heavy atom. The second-order valence-electron chi connectivity index (χ2n) is 5.84. The fraction of sp³-hybridized carbons (Fsp3) is 0.471. The third-order valence-corrected chi connectivity index (χ3v) is 4.19. The molecule has 3 nitrogen and oxygen atoms in total. The number of hydrogen-bond donors (Lipinski definition) is 1. The molecule has 1 unspecified atom stereocenters. The van der Waals surface area contributed by atoms with Crippen molar-refractivity contribution < 1.29 is 0 Å². The molecule has 1 aromatic carbocycles. The van der Waals surface area contributed by atoms with Gasteiger partial charge in [0.05, 0.1) is 6.20 Å². The van der Waals surface area contributed by atoms with E-state index in [1.807, 2.05) is 17.9 Å². The standard InChI is InChI=1S/C17H25N3/c1-5-20-13-14(12-19-20)11-16(18-4)17(2,3)15-9-7-6-8-10-15/h6-10,12-13,16,18H,5,11H2,1-4H3. The van der Waals surface area contributed by atoms with Crippen molar-refractivity contribution in [3.63, 3.8) is 0 Å². The summed E-state index contributed by atoms with van der Waals surface area (Å²) in [4.78, 5) is 0. The van der Waals surface area contributed by atoms with Crippen LogP contribution in [0.2, 0.25) is 0 Å². The number of hydrogen-bond acceptors (Lipinski definition) is 2. The van der Waals surface area contributed by atoms with Crippen LogP contribution in [0.3, 0.4) is 0 Å². The Labute approximate surface area is 122 Å². The molecule has 2 aromatic rings. The Bertz CT molecular complexity index is 528. The van der Waals surface area contributed by atoms with E-state index in [0.717, 1.165) is 13.0 Å². The Hall–Kier alpha value is -1.61. The highest BCUT2D eigenvalue weighted by molar-refractivity contribution is 5.27. The zero-order valence-electron chi connectivity index (χ0n) is 12.9. The zero-order valence-corrected chi connectivity index (χ0v) is 12.9. The molecule has 3 heteroatoms. The van der Waals surface area contributed by atoms with Crippen LogP contribution < -0.4 is 5.32 Å². The summed E-state index contributed by atoms with van der Waals surface area (Å²) < 4.78 is 1.98. The molecule has 1 aromatic heterocycles. The van der Waals surface area contributed by atoms with Gasteiger partial charge in [-0.15, -0.1) is 0 Å². The topological polar surface area (TPSA) is 29.9 Å². The number of nitrogens with one attached hydrogen (secondary N) is 1. The van der Waals surface area contributed by atoms with Crippen molar-refractivity contribution in [1.82, 2.24) is 15.1 Å².